The van der Waals surface area contributed by atoms with Gasteiger partial charge in [-0.3, -0.25) is 9.52 Å². The van der Waals surface area contributed by atoms with E-state index in [1.165, 1.54) is 42.6 Å². The lowest BCUT2D eigenvalue weighted by Gasteiger charge is -2.11. The summed E-state index contributed by atoms with van der Waals surface area (Å²) in [6.07, 6.45) is 1.42. The molecule has 0 saturated heterocycles. The number of hydrazone groups is 1. The number of nitrogens with zero attached hydrogens (tertiary/aromatic N) is 1. The second kappa shape index (κ2) is 12.4. The van der Waals surface area contributed by atoms with E-state index in [2.05, 4.69) is 15.2 Å². The summed E-state index contributed by atoms with van der Waals surface area (Å²) < 4.78 is 38.4. The van der Waals surface area contributed by atoms with Crippen molar-refractivity contribution < 1.29 is 27.5 Å². The van der Waals surface area contributed by atoms with Gasteiger partial charge in [0, 0.05) is 16.8 Å². The van der Waals surface area contributed by atoms with Crippen LogP contribution in [0, 0.1) is 0 Å². The largest absolute Gasteiger partial charge is 0.497 e. The first kappa shape index (κ1) is 28.1. The minimum atomic E-state index is -3.76. The topological polar surface area (TPSA) is 123 Å². The van der Waals surface area contributed by atoms with Crippen molar-refractivity contribution in [2.75, 3.05) is 11.8 Å². The third-order valence-corrected chi connectivity index (χ3v) is 7.67. The molecule has 5 rings (SSSR count). The molecule has 5 aromatic rings. The molecule has 0 spiro atoms. The first-order chi connectivity index (χ1) is 20.3. The highest BCUT2D eigenvalue weighted by Gasteiger charge is 2.15. The second-order valence-electron chi connectivity index (χ2n) is 9.01. The number of methoxy groups -OCH3 is 1. The Morgan fingerprint density at radius 1 is 0.762 bits per heavy atom. The van der Waals surface area contributed by atoms with Crippen molar-refractivity contribution in [1.82, 2.24) is 5.43 Å². The number of fused-ring (bicyclic) bond motifs is 1. The monoisotopic (exact) mass is 579 g/mol. The fourth-order valence-electron chi connectivity index (χ4n) is 4.11. The van der Waals surface area contributed by atoms with Crippen LogP contribution in [-0.4, -0.2) is 33.6 Å². The number of hydrogen-bond acceptors (Lipinski definition) is 7. The van der Waals surface area contributed by atoms with Crippen molar-refractivity contribution in [2.24, 2.45) is 5.10 Å². The maximum absolute atomic E-state index is 12.8. The lowest BCUT2D eigenvalue weighted by Crippen LogP contribution is -2.18. The summed E-state index contributed by atoms with van der Waals surface area (Å²) in [7, 11) is -2.22. The summed E-state index contributed by atoms with van der Waals surface area (Å²) in [5, 5.41) is 5.77. The Balaban J connectivity index is 1.31. The third kappa shape index (κ3) is 6.45. The van der Waals surface area contributed by atoms with Gasteiger partial charge in [0.15, 0.2) is 0 Å². The van der Waals surface area contributed by atoms with E-state index in [0.717, 1.165) is 10.8 Å². The predicted octanol–water partition coefficient (Wildman–Crippen LogP) is 5.63. The summed E-state index contributed by atoms with van der Waals surface area (Å²) in [4.78, 5) is 25.7. The Bertz CT molecular complexity index is 1870. The van der Waals surface area contributed by atoms with Gasteiger partial charge >= 0.3 is 5.97 Å². The number of esters is 1. The molecule has 0 unspecified atom stereocenters. The number of carbonyl (C=O) groups excluding carboxylic acids is 2. The Labute approximate surface area is 242 Å². The number of ether oxygens (including phenoxy) is 2. The first-order valence-corrected chi connectivity index (χ1v) is 14.2. The van der Waals surface area contributed by atoms with Crippen LogP contribution in [0.2, 0.25) is 0 Å². The van der Waals surface area contributed by atoms with Gasteiger partial charge in [0.2, 0.25) is 0 Å². The summed E-state index contributed by atoms with van der Waals surface area (Å²) in [5.41, 5.74) is 3.88. The summed E-state index contributed by atoms with van der Waals surface area (Å²) in [5.74, 6) is -0.193. The summed E-state index contributed by atoms with van der Waals surface area (Å²) in [6, 6.07) is 31.5. The number of anilines is 1. The van der Waals surface area contributed by atoms with Gasteiger partial charge < -0.3 is 9.47 Å². The minimum Gasteiger partial charge on any atom is -0.497 e. The number of rotatable bonds is 9. The van der Waals surface area contributed by atoms with Crippen molar-refractivity contribution >= 4 is 44.6 Å². The Morgan fingerprint density at radius 2 is 1.43 bits per heavy atom. The maximum atomic E-state index is 12.8. The molecule has 5 aromatic carbocycles. The zero-order valence-electron chi connectivity index (χ0n) is 22.4. The van der Waals surface area contributed by atoms with Crippen LogP contribution in [-0.2, 0) is 10.0 Å². The molecule has 210 valence electrons. The van der Waals surface area contributed by atoms with E-state index >= 15 is 0 Å². The molecule has 0 aliphatic carbocycles. The van der Waals surface area contributed by atoms with Gasteiger partial charge in [0.05, 0.1) is 23.8 Å². The molecule has 0 atom stereocenters. The third-order valence-electron chi connectivity index (χ3n) is 6.27. The number of benzene rings is 5. The second-order valence-corrected chi connectivity index (χ2v) is 10.7. The van der Waals surface area contributed by atoms with Crippen molar-refractivity contribution in [2.45, 2.75) is 4.90 Å². The molecule has 0 radical (unpaired) electrons. The molecule has 0 aromatic heterocycles. The molecule has 0 aliphatic rings. The molecule has 1 amide bonds. The average molecular weight is 580 g/mol. The molecule has 0 heterocycles. The Morgan fingerprint density at radius 3 is 2.14 bits per heavy atom. The zero-order chi connectivity index (χ0) is 29.5. The van der Waals surface area contributed by atoms with Gasteiger partial charge in [-0.1, -0.05) is 48.5 Å². The predicted molar refractivity (Wildman–Crippen MR) is 161 cm³/mol. The smallest absolute Gasteiger partial charge is 0.343 e. The molecule has 2 N–H and O–H groups in total. The number of sulfonamides is 1. The van der Waals surface area contributed by atoms with Crippen LogP contribution < -0.4 is 19.6 Å². The SMILES string of the molecule is COc1ccc(C(=O)Oc2ccc3ccccc3c2C=NNC(=O)c2ccc(NS(=O)(=O)c3ccccc3)cc2)cc1. The highest BCUT2D eigenvalue weighted by molar-refractivity contribution is 7.92. The fraction of sp³-hybridized carbons (Fsp3) is 0.0312. The van der Waals surface area contributed by atoms with Gasteiger partial charge in [-0.2, -0.15) is 5.10 Å². The molecule has 10 heteroatoms. The van der Waals surface area contributed by atoms with E-state index in [9.17, 15) is 18.0 Å². The van der Waals surface area contributed by atoms with E-state index < -0.39 is 21.9 Å². The van der Waals surface area contributed by atoms with Crippen LogP contribution in [0.5, 0.6) is 11.5 Å². The van der Waals surface area contributed by atoms with Crippen molar-refractivity contribution in [1.29, 1.82) is 0 Å². The normalized spacial score (nSPS) is 11.3. The molecule has 0 saturated carbocycles. The maximum Gasteiger partial charge on any atom is 0.343 e. The van der Waals surface area contributed by atoms with Crippen LogP contribution in [0.25, 0.3) is 10.8 Å². The minimum absolute atomic E-state index is 0.128. The molecule has 42 heavy (non-hydrogen) atoms. The summed E-state index contributed by atoms with van der Waals surface area (Å²) >= 11 is 0. The quantitative estimate of drug-likeness (QED) is 0.101. The van der Waals surface area contributed by atoms with Gasteiger partial charge in [-0.05, 0) is 77.5 Å². The van der Waals surface area contributed by atoms with E-state index in [4.69, 9.17) is 9.47 Å². The van der Waals surface area contributed by atoms with Gasteiger partial charge in [0.25, 0.3) is 15.9 Å². The average Bonchev–Trinajstić information content (AvgIpc) is 3.02. The van der Waals surface area contributed by atoms with Gasteiger partial charge in [-0.15, -0.1) is 0 Å². The van der Waals surface area contributed by atoms with Gasteiger partial charge in [0.1, 0.15) is 11.5 Å². The molecular weight excluding hydrogens is 554 g/mol. The van der Waals surface area contributed by atoms with Crippen LogP contribution in [0.1, 0.15) is 26.3 Å². The molecule has 0 fully saturated rings. The van der Waals surface area contributed by atoms with Crippen molar-refractivity contribution in [3.8, 4) is 11.5 Å². The number of hydrogen-bond donors (Lipinski definition) is 2. The number of carbonyl (C=O) groups is 2. The molecule has 0 aliphatic heterocycles. The number of amides is 1. The lowest BCUT2D eigenvalue weighted by atomic mass is 10.0. The molecule has 0 bridgehead atoms. The lowest BCUT2D eigenvalue weighted by molar-refractivity contribution is 0.0734. The standard InChI is InChI=1S/C32H25N3O6S/c1-40-26-18-13-24(14-19-26)32(37)41-30-20-15-22-7-5-6-10-28(22)29(30)21-33-34-31(36)23-11-16-25(17-12-23)35-42(38,39)27-8-3-2-4-9-27/h2-21,35H,1H3,(H,34,36). The highest BCUT2D eigenvalue weighted by Crippen LogP contribution is 2.28. The van der Waals surface area contributed by atoms with Crippen LogP contribution in [0.15, 0.2) is 125 Å². The van der Waals surface area contributed by atoms with E-state index in [1.54, 1.807) is 55.6 Å². The summed E-state index contributed by atoms with van der Waals surface area (Å²) in [6.45, 7) is 0. The van der Waals surface area contributed by atoms with Crippen LogP contribution >= 0.6 is 0 Å². The van der Waals surface area contributed by atoms with Crippen LogP contribution in [0.4, 0.5) is 5.69 Å². The fourth-order valence-corrected chi connectivity index (χ4v) is 5.19. The van der Waals surface area contributed by atoms with Crippen molar-refractivity contribution in [3.63, 3.8) is 0 Å². The molecule has 9 nitrogen and oxygen atoms in total. The Hall–Kier alpha value is -5.48. The van der Waals surface area contributed by atoms with Crippen LogP contribution in [0.3, 0.4) is 0 Å². The van der Waals surface area contributed by atoms with Gasteiger partial charge in [-0.25, -0.2) is 18.6 Å². The van der Waals surface area contributed by atoms with E-state index in [0.29, 0.717) is 22.6 Å². The first-order valence-electron chi connectivity index (χ1n) is 12.7. The van der Waals surface area contributed by atoms with E-state index in [-0.39, 0.29) is 16.2 Å². The van der Waals surface area contributed by atoms with Crippen molar-refractivity contribution in [3.05, 3.63) is 132 Å². The zero-order valence-corrected chi connectivity index (χ0v) is 23.2. The highest BCUT2D eigenvalue weighted by atomic mass is 32.2. The Kier molecular flexibility index (Phi) is 8.26. The van der Waals surface area contributed by atoms with E-state index in [1.807, 2.05) is 30.3 Å². The molecular formula is C32H25N3O6S. The number of nitrogens with one attached hydrogen (secondary N) is 2.